The zero-order chi connectivity index (χ0) is 23.3. The molecule has 1 aromatic heterocycles. The summed E-state index contributed by atoms with van der Waals surface area (Å²) in [5.74, 6) is -2.76. The fraction of sp³-hybridized carbons (Fsp3) is 0.684. The van der Waals surface area contributed by atoms with Crippen LogP contribution in [0, 0.1) is 0 Å². The van der Waals surface area contributed by atoms with E-state index < -0.39 is 22.2 Å². The van der Waals surface area contributed by atoms with Gasteiger partial charge in [-0.3, -0.25) is 9.88 Å². The Kier molecular flexibility index (Phi) is 8.42. The maximum atomic E-state index is 12.4. The van der Waals surface area contributed by atoms with Gasteiger partial charge in [-0.1, -0.05) is 6.07 Å². The van der Waals surface area contributed by atoms with E-state index in [1.165, 1.54) is 6.26 Å². The number of hydrogen-bond acceptors (Lipinski definition) is 6. The number of rotatable bonds is 5. The quantitative estimate of drug-likeness (QED) is 0.708. The highest BCUT2D eigenvalue weighted by Gasteiger charge is 2.51. The summed E-state index contributed by atoms with van der Waals surface area (Å²) in [5.41, 5.74) is 0.842. The molecule has 176 valence electrons. The summed E-state index contributed by atoms with van der Waals surface area (Å²) < 4.78 is 63.6. The van der Waals surface area contributed by atoms with Crippen LogP contribution in [0.3, 0.4) is 0 Å². The molecule has 31 heavy (non-hydrogen) atoms. The van der Waals surface area contributed by atoms with Crippen LogP contribution >= 0.6 is 0 Å². The molecule has 0 radical (unpaired) electrons. The number of piperidine rings is 1. The van der Waals surface area contributed by atoms with E-state index in [1.54, 1.807) is 11.4 Å². The zero-order valence-corrected chi connectivity index (χ0v) is 18.3. The van der Waals surface area contributed by atoms with E-state index in [4.69, 9.17) is 14.6 Å². The highest BCUT2D eigenvalue weighted by Crippen LogP contribution is 2.43. The maximum Gasteiger partial charge on any atom is 0.490 e. The lowest BCUT2D eigenvalue weighted by molar-refractivity contribution is -0.192. The van der Waals surface area contributed by atoms with Gasteiger partial charge in [-0.05, 0) is 37.8 Å². The first kappa shape index (κ1) is 25.5. The maximum absolute atomic E-state index is 12.4. The number of carbonyl (C=O) groups is 1. The predicted molar refractivity (Wildman–Crippen MR) is 107 cm³/mol. The molecule has 0 saturated carbocycles. The number of aromatic nitrogens is 1. The van der Waals surface area contributed by atoms with Crippen molar-refractivity contribution in [3.05, 3.63) is 30.1 Å². The van der Waals surface area contributed by atoms with Gasteiger partial charge in [-0.25, -0.2) is 13.2 Å². The van der Waals surface area contributed by atoms with Gasteiger partial charge in [-0.2, -0.15) is 17.5 Å². The second-order valence-corrected chi connectivity index (χ2v) is 9.69. The van der Waals surface area contributed by atoms with Gasteiger partial charge in [0.25, 0.3) is 0 Å². The molecular weight excluding hydrogens is 439 g/mol. The van der Waals surface area contributed by atoms with Crippen molar-refractivity contribution < 1.29 is 36.2 Å². The van der Waals surface area contributed by atoms with Gasteiger partial charge < -0.3 is 9.84 Å². The molecule has 0 bridgehead atoms. The Hall–Kier alpha value is -1.76. The number of ether oxygens (including phenoxy) is 1. The van der Waals surface area contributed by atoms with Gasteiger partial charge in [-0.15, -0.1) is 0 Å². The Morgan fingerprint density at radius 1 is 1.29 bits per heavy atom. The van der Waals surface area contributed by atoms with Gasteiger partial charge in [0.05, 0.1) is 18.6 Å². The van der Waals surface area contributed by atoms with Crippen molar-refractivity contribution >= 4 is 16.0 Å². The Bertz CT molecular complexity index is 828. The Labute approximate surface area is 180 Å². The Morgan fingerprint density at radius 2 is 1.90 bits per heavy atom. The highest BCUT2D eigenvalue weighted by atomic mass is 32.2. The molecule has 1 spiro atoms. The van der Waals surface area contributed by atoms with Crippen LogP contribution in [-0.2, 0) is 26.1 Å². The molecule has 1 unspecified atom stereocenters. The van der Waals surface area contributed by atoms with Crippen molar-refractivity contribution in [3.63, 3.8) is 0 Å². The SMILES string of the molecule is COCC1CCC2(CCN(Cc3ccccn3)CC2)N1S(C)(=O)=O.O=C(O)C(F)(F)F. The molecule has 1 N–H and O–H groups in total. The summed E-state index contributed by atoms with van der Waals surface area (Å²) in [6, 6.07) is 5.95. The third kappa shape index (κ3) is 6.86. The number of hydrogen-bond donors (Lipinski definition) is 1. The first-order chi connectivity index (χ1) is 14.4. The molecule has 12 heteroatoms. The number of likely N-dealkylation sites (tertiary alicyclic amines) is 1. The molecule has 8 nitrogen and oxygen atoms in total. The summed E-state index contributed by atoms with van der Waals surface area (Å²) in [6.45, 7) is 3.12. The highest BCUT2D eigenvalue weighted by molar-refractivity contribution is 7.88. The van der Waals surface area contributed by atoms with Crippen LogP contribution in [-0.4, -0.2) is 84.5 Å². The smallest absolute Gasteiger partial charge is 0.475 e. The summed E-state index contributed by atoms with van der Waals surface area (Å²) in [5, 5.41) is 7.12. The Balaban J connectivity index is 0.000000423. The molecule has 2 aliphatic heterocycles. The van der Waals surface area contributed by atoms with Gasteiger partial charge in [0.2, 0.25) is 10.0 Å². The molecule has 3 heterocycles. The van der Waals surface area contributed by atoms with Crippen molar-refractivity contribution in [2.45, 2.75) is 50.0 Å². The number of nitrogens with zero attached hydrogens (tertiary/aromatic N) is 3. The average molecular weight is 468 g/mol. The molecule has 3 rings (SSSR count). The molecule has 2 fully saturated rings. The van der Waals surface area contributed by atoms with Crippen LogP contribution < -0.4 is 0 Å². The van der Waals surface area contributed by atoms with Gasteiger partial charge in [0.15, 0.2) is 0 Å². The van der Waals surface area contributed by atoms with E-state index >= 15 is 0 Å². The van der Waals surface area contributed by atoms with Crippen LogP contribution in [0.1, 0.15) is 31.4 Å². The summed E-state index contributed by atoms with van der Waals surface area (Å²) >= 11 is 0. The molecule has 0 aliphatic carbocycles. The van der Waals surface area contributed by atoms with Crippen LogP contribution in [0.5, 0.6) is 0 Å². The average Bonchev–Trinajstić information content (AvgIpc) is 3.03. The largest absolute Gasteiger partial charge is 0.490 e. The van der Waals surface area contributed by atoms with E-state index in [9.17, 15) is 21.6 Å². The minimum atomic E-state index is -5.08. The first-order valence-corrected chi connectivity index (χ1v) is 11.6. The third-order valence-corrected chi connectivity index (χ3v) is 7.00. The van der Waals surface area contributed by atoms with Gasteiger partial charge in [0.1, 0.15) is 0 Å². The minimum absolute atomic E-state index is 0.0210. The summed E-state index contributed by atoms with van der Waals surface area (Å²) in [6.07, 6.45) is 1.66. The lowest BCUT2D eigenvalue weighted by atomic mass is 9.86. The lowest BCUT2D eigenvalue weighted by Gasteiger charge is -2.45. The van der Waals surface area contributed by atoms with Crippen LogP contribution in [0.2, 0.25) is 0 Å². The lowest BCUT2D eigenvalue weighted by Crippen LogP contribution is -2.56. The molecule has 2 saturated heterocycles. The number of halogens is 3. The van der Waals surface area contributed by atoms with Crippen LogP contribution in [0.4, 0.5) is 13.2 Å². The number of pyridine rings is 1. The molecule has 1 aromatic rings. The number of aliphatic carboxylic acids is 1. The second-order valence-electron chi connectivity index (χ2n) is 7.83. The number of alkyl halides is 3. The number of sulfonamides is 1. The molecule has 0 amide bonds. The molecule has 2 aliphatic rings. The van der Waals surface area contributed by atoms with E-state index in [2.05, 4.69) is 9.88 Å². The summed E-state index contributed by atoms with van der Waals surface area (Å²) in [4.78, 5) is 15.7. The third-order valence-electron chi connectivity index (χ3n) is 5.60. The van der Waals surface area contributed by atoms with E-state index in [0.29, 0.717) is 6.61 Å². The fourth-order valence-electron chi connectivity index (χ4n) is 4.33. The zero-order valence-electron chi connectivity index (χ0n) is 17.5. The van der Waals surface area contributed by atoms with E-state index in [-0.39, 0.29) is 11.6 Å². The fourth-order valence-corrected chi connectivity index (χ4v) is 6.02. The van der Waals surface area contributed by atoms with Crippen LogP contribution in [0.15, 0.2) is 24.4 Å². The number of carboxylic acids is 1. The monoisotopic (exact) mass is 467 g/mol. The van der Waals surface area contributed by atoms with Crippen LogP contribution in [0.25, 0.3) is 0 Å². The van der Waals surface area contributed by atoms with Crippen molar-refractivity contribution in [1.29, 1.82) is 0 Å². The minimum Gasteiger partial charge on any atom is -0.475 e. The number of carboxylic acid groups (broad SMARTS) is 1. The van der Waals surface area contributed by atoms with E-state index in [0.717, 1.165) is 51.0 Å². The van der Waals surface area contributed by atoms with Crippen molar-refractivity contribution in [2.75, 3.05) is 33.1 Å². The van der Waals surface area contributed by atoms with Gasteiger partial charge >= 0.3 is 12.1 Å². The normalized spacial score (nSPS) is 22.2. The van der Waals surface area contributed by atoms with Crippen molar-refractivity contribution in [1.82, 2.24) is 14.2 Å². The van der Waals surface area contributed by atoms with Crippen molar-refractivity contribution in [2.24, 2.45) is 0 Å². The predicted octanol–water partition coefficient (Wildman–Crippen LogP) is 2.12. The molecular formula is C19H28F3N3O5S. The second kappa shape index (κ2) is 10.2. The summed E-state index contributed by atoms with van der Waals surface area (Å²) in [7, 11) is -1.60. The van der Waals surface area contributed by atoms with Gasteiger partial charge in [0, 0.05) is 44.5 Å². The molecule has 0 aromatic carbocycles. The Morgan fingerprint density at radius 3 is 2.35 bits per heavy atom. The standard InChI is InChI=1S/C17H27N3O3S.C2HF3O2/c1-23-14-16-6-7-17(20(16)24(2,21)22)8-11-19(12-9-17)13-15-5-3-4-10-18-15;3-2(4,5)1(6)7/h3-5,10,16H,6-9,11-14H2,1-2H3;(H,6,7). The number of methoxy groups -OCH3 is 1. The molecule has 1 atom stereocenters. The topological polar surface area (TPSA) is 100 Å². The van der Waals surface area contributed by atoms with E-state index in [1.807, 2.05) is 24.4 Å². The first-order valence-electron chi connectivity index (χ1n) is 9.80. The van der Waals surface area contributed by atoms with Crippen molar-refractivity contribution in [3.8, 4) is 0 Å².